The number of fused-ring (bicyclic) bond motifs is 1. The number of carbonyl (C=O) groups excluding carboxylic acids is 1. The summed E-state index contributed by atoms with van der Waals surface area (Å²) in [6.45, 7) is 2.79. The summed E-state index contributed by atoms with van der Waals surface area (Å²) in [4.78, 5) is 12.3. The average Bonchev–Trinajstić information content (AvgIpc) is 3.10. The Kier molecular flexibility index (Phi) is 8.32. The summed E-state index contributed by atoms with van der Waals surface area (Å²) in [6, 6.07) is 13.9. The molecule has 0 aromatic heterocycles. The van der Waals surface area contributed by atoms with Crippen LogP contribution in [0.3, 0.4) is 0 Å². The molecule has 0 bridgehead atoms. The van der Waals surface area contributed by atoms with Gasteiger partial charge in [-0.3, -0.25) is 4.79 Å². The van der Waals surface area contributed by atoms with E-state index in [0.29, 0.717) is 30.0 Å². The van der Waals surface area contributed by atoms with Crippen LogP contribution in [0.25, 0.3) is 6.08 Å². The van der Waals surface area contributed by atoms with E-state index in [-0.39, 0.29) is 32.3 Å². The Morgan fingerprint density at radius 3 is 2.61 bits per heavy atom. The van der Waals surface area contributed by atoms with Crippen LogP contribution < -0.4 is 20.1 Å². The van der Waals surface area contributed by atoms with Gasteiger partial charge in [0.2, 0.25) is 5.91 Å². The van der Waals surface area contributed by atoms with Gasteiger partial charge in [-0.2, -0.15) is 0 Å². The lowest BCUT2D eigenvalue weighted by Gasteiger charge is -2.16. The minimum atomic E-state index is -0.162. The minimum Gasteiger partial charge on any atom is -0.487 e. The molecule has 2 aromatic carbocycles. The molecule has 1 amide bonds. The van der Waals surface area contributed by atoms with Crippen LogP contribution in [0.1, 0.15) is 30.4 Å². The van der Waals surface area contributed by atoms with E-state index in [2.05, 4.69) is 29.7 Å². The Bertz CT molecular complexity index is 899. The largest absolute Gasteiger partial charge is 0.487 e. The lowest BCUT2D eigenvalue weighted by Crippen LogP contribution is -2.26. The van der Waals surface area contributed by atoms with E-state index in [0.717, 1.165) is 12.0 Å². The van der Waals surface area contributed by atoms with Gasteiger partial charge < -0.3 is 30.3 Å². The van der Waals surface area contributed by atoms with E-state index in [1.54, 1.807) is 24.3 Å². The van der Waals surface area contributed by atoms with Crippen molar-refractivity contribution in [2.45, 2.75) is 25.3 Å². The molecular weight excluding hydrogens is 396 g/mol. The number of rotatable bonds is 11. The maximum Gasteiger partial charge on any atom is 0.243 e. The van der Waals surface area contributed by atoms with Crippen LogP contribution in [0, 0.1) is 0 Å². The highest BCUT2D eigenvalue weighted by Gasteiger charge is 2.27. The second-order valence-corrected chi connectivity index (χ2v) is 7.39. The average molecular weight is 427 g/mol. The van der Waals surface area contributed by atoms with Gasteiger partial charge in [-0.1, -0.05) is 24.3 Å². The maximum absolute atomic E-state index is 12.3. The van der Waals surface area contributed by atoms with Crippen LogP contribution in [0.4, 0.5) is 5.69 Å². The van der Waals surface area contributed by atoms with Gasteiger partial charge in [0, 0.05) is 30.3 Å². The number of aliphatic hydroxyl groups is 2. The Hall–Kier alpha value is -3.03. The van der Waals surface area contributed by atoms with E-state index >= 15 is 0 Å². The van der Waals surface area contributed by atoms with Crippen molar-refractivity contribution in [3.8, 4) is 11.5 Å². The number of anilines is 1. The number of amides is 1. The molecule has 1 aliphatic rings. The smallest absolute Gasteiger partial charge is 0.243 e. The third-order valence-electron chi connectivity index (χ3n) is 5.19. The zero-order valence-corrected chi connectivity index (χ0v) is 17.7. The molecule has 1 heterocycles. The maximum atomic E-state index is 12.3. The number of aliphatic hydroxyl groups excluding tert-OH is 2. The third-order valence-corrected chi connectivity index (χ3v) is 5.19. The molecule has 4 N–H and O–H groups in total. The van der Waals surface area contributed by atoms with Crippen LogP contribution in [0.2, 0.25) is 0 Å². The van der Waals surface area contributed by atoms with E-state index in [9.17, 15) is 4.79 Å². The highest BCUT2D eigenvalue weighted by Crippen LogP contribution is 2.37. The number of hydrogen-bond acceptors (Lipinski definition) is 6. The van der Waals surface area contributed by atoms with Crippen LogP contribution in [-0.4, -0.2) is 55.1 Å². The van der Waals surface area contributed by atoms with Crippen LogP contribution in [0.15, 0.2) is 48.5 Å². The summed E-state index contributed by atoms with van der Waals surface area (Å²) in [7, 11) is 0. The van der Waals surface area contributed by atoms with E-state index < -0.39 is 0 Å². The van der Waals surface area contributed by atoms with Crippen molar-refractivity contribution in [2.75, 3.05) is 38.3 Å². The van der Waals surface area contributed by atoms with Gasteiger partial charge in [-0.15, -0.1) is 0 Å². The zero-order chi connectivity index (χ0) is 22.1. The number of nitrogens with one attached hydrogen (secondary N) is 2. The van der Waals surface area contributed by atoms with Crippen molar-refractivity contribution >= 4 is 17.7 Å². The van der Waals surface area contributed by atoms with Gasteiger partial charge in [-0.05, 0) is 48.7 Å². The Balaban J connectivity index is 1.53. The predicted octanol–water partition coefficient (Wildman–Crippen LogP) is 2.55. The summed E-state index contributed by atoms with van der Waals surface area (Å²) in [5.74, 6) is 1.14. The molecular formula is C24H30N2O5. The summed E-state index contributed by atoms with van der Waals surface area (Å²) < 4.78 is 10.9. The van der Waals surface area contributed by atoms with Crippen molar-refractivity contribution < 1.29 is 24.5 Å². The first-order valence-electron chi connectivity index (χ1n) is 10.5. The van der Waals surface area contributed by atoms with Gasteiger partial charge in [0.05, 0.1) is 13.2 Å². The second-order valence-electron chi connectivity index (χ2n) is 7.39. The molecule has 7 nitrogen and oxygen atoms in total. The van der Waals surface area contributed by atoms with E-state index in [1.807, 2.05) is 12.1 Å². The van der Waals surface area contributed by atoms with E-state index in [1.165, 1.54) is 17.3 Å². The normalized spacial score (nSPS) is 17.3. The number of carbonyl (C=O) groups is 1. The first-order valence-corrected chi connectivity index (χ1v) is 10.5. The van der Waals surface area contributed by atoms with Gasteiger partial charge >= 0.3 is 0 Å². The lowest BCUT2D eigenvalue weighted by molar-refractivity contribution is -0.116. The molecule has 0 saturated heterocycles. The van der Waals surface area contributed by atoms with Crippen molar-refractivity contribution in [3.05, 3.63) is 59.7 Å². The highest BCUT2D eigenvalue weighted by molar-refractivity contribution is 5.91. The van der Waals surface area contributed by atoms with Crippen LogP contribution >= 0.6 is 0 Å². The fourth-order valence-electron chi connectivity index (χ4n) is 3.73. The molecule has 7 heteroatoms. The number of para-hydroxylation sites is 1. The molecule has 2 atom stereocenters. The van der Waals surface area contributed by atoms with Crippen molar-refractivity contribution in [2.24, 2.45) is 0 Å². The standard InChI is InChI=1S/C24H30N2O5/c1-17-19(20-4-2-3-5-21(20)26-17)10-11-25-24(29)9-7-18-6-8-22(30-14-12-27)23(16-18)31-15-13-28/h2-9,16-17,19,26-28H,10-15H2,1H3,(H,25,29)/b9-7+. The molecule has 2 unspecified atom stereocenters. The Morgan fingerprint density at radius 1 is 1.10 bits per heavy atom. The molecule has 0 spiro atoms. The minimum absolute atomic E-state index is 0.109. The SMILES string of the molecule is CC1Nc2ccccc2C1CCNC(=O)/C=C/c1ccc(OCCO)c(OCCO)c1. The molecule has 0 fully saturated rings. The fraction of sp³-hybridized carbons (Fsp3) is 0.375. The molecule has 0 aliphatic carbocycles. The van der Waals surface area contributed by atoms with Gasteiger partial charge in [0.15, 0.2) is 11.5 Å². The molecule has 2 aromatic rings. The predicted molar refractivity (Wildman–Crippen MR) is 121 cm³/mol. The van der Waals surface area contributed by atoms with Crippen molar-refractivity contribution in [3.63, 3.8) is 0 Å². The molecule has 31 heavy (non-hydrogen) atoms. The lowest BCUT2D eigenvalue weighted by atomic mass is 9.93. The molecule has 1 aliphatic heterocycles. The molecule has 166 valence electrons. The third kappa shape index (κ3) is 6.23. The van der Waals surface area contributed by atoms with Crippen molar-refractivity contribution in [1.82, 2.24) is 5.32 Å². The highest BCUT2D eigenvalue weighted by atomic mass is 16.5. The number of ether oxygens (including phenoxy) is 2. The quantitative estimate of drug-likeness (QED) is 0.412. The van der Waals surface area contributed by atoms with Crippen LogP contribution in [0.5, 0.6) is 11.5 Å². The van der Waals surface area contributed by atoms with Gasteiger partial charge in [0.1, 0.15) is 13.2 Å². The van der Waals surface area contributed by atoms with Crippen molar-refractivity contribution in [1.29, 1.82) is 0 Å². The summed E-state index contributed by atoms with van der Waals surface area (Å²) in [5, 5.41) is 24.4. The number of benzene rings is 2. The van der Waals surface area contributed by atoms with Gasteiger partial charge in [0.25, 0.3) is 0 Å². The monoisotopic (exact) mass is 426 g/mol. The molecule has 0 radical (unpaired) electrons. The first kappa shape index (κ1) is 22.7. The van der Waals surface area contributed by atoms with Gasteiger partial charge in [-0.25, -0.2) is 0 Å². The topological polar surface area (TPSA) is 100 Å². The molecule has 3 rings (SSSR count). The summed E-state index contributed by atoms with van der Waals surface area (Å²) in [6.07, 6.45) is 4.05. The van der Waals surface area contributed by atoms with Crippen LogP contribution in [-0.2, 0) is 4.79 Å². The number of hydrogen-bond donors (Lipinski definition) is 4. The van der Waals surface area contributed by atoms with E-state index in [4.69, 9.17) is 19.7 Å². The zero-order valence-electron chi connectivity index (χ0n) is 17.7. The fourth-order valence-corrected chi connectivity index (χ4v) is 3.73. The Morgan fingerprint density at radius 2 is 1.84 bits per heavy atom. The summed E-state index contributed by atoms with van der Waals surface area (Å²) >= 11 is 0. The summed E-state index contributed by atoms with van der Waals surface area (Å²) in [5.41, 5.74) is 3.25. The first-order chi connectivity index (χ1) is 15.1. The molecule has 0 saturated carbocycles. The Labute approximate surface area is 182 Å². The second kappa shape index (κ2) is 11.4.